The summed E-state index contributed by atoms with van der Waals surface area (Å²) in [5, 5.41) is 4.06. The molecule has 1 saturated heterocycles. The summed E-state index contributed by atoms with van der Waals surface area (Å²) in [6, 6.07) is 9.73. The lowest BCUT2D eigenvalue weighted by Gasteiger charge is -2.26. The Hall–Kier alpha value is -2.48. The standard InChI is InChI=1S/C18H20N2O3/c1-18(2,3)22-17(21)20-12-11-14-15(19-23-16(14)20)10-9-13-7-5-4-6-8-13/h4-8,14,16H,11-12H2,1-3H3. The van der Waals surface area contributed by atoms with Crippen molar-refractivity contribution in [2.24, 2.45) is 11.1 Å². The molecule has 5 heteroatoms. The molecular formula is C18H20N2O3. The second kappa shape index (κ2) is 5.96. The van der Waals surface area contributed by atoms with E-state index in [4.69, 9.17) is 9.57 Å². The molecule has 1 fully saturated rings. The maximum Gasteiger partial charge on any atom is 0.413 e. The van der Waals surface area contributed by atoms with Crippen molar-refractivity contribution in [2.45, 2.75) is 39.0 Å². The largest absolute Gasteiger partial charge is 0.444 e. The van der Waals surface area contributed by atoms with Crippen molar-refractivity contribution in [1.82, 2.24) is 4.90 Å². The highest BCUT2D eigenvalue weighted by atomic mass is 16.7. The Bertz CT molecular complexity index is 680. The van der Waals surface area contributed by atoms with Crippen molar-refractivity contribution in [3.8, 4) is 11.8 Å². The molecule has 1 amide bonds. The van der Waals surface area contributed by atoms with Crippen molar-refractivity contribution < 1.29 is 14.4 Å². The van der Waals surface area contributed by atoms with E-state index < -0.39 is 11.8 Å². The van der Waals surface area contributed by atoms with Crippen molar-refractivity contribution >= 4 is 11.8 Å². The van der Waals surface area contributed by atoms with Gasteiger partial charge in [-0.3, -0.25) is 4.90 Å². The normalized spacial score (nSPS) is 22.6. The first kappa shape index (κ1) is 15.4. The molecule has 0 bridgehead atoms. The molecule has 0 aromatic heterocycles. The lowest BCUT2D eigenvalue weighted by Crippen LogP contribution is -2.41. The molecule has 0 N–H and O–H groups in total. The van der Waals surface area contributed by atoms with E-state index in [1.807, 2.05) is 51.1 Å². The van der Waals surface area contributed by atoms with Gasteiger partial charge in [-0.15, -0.1) is 0 Å². The molecule has 120 valence electrons. The van der Waals surface area contributed by atoms with Crippen LogP contribution in [0.4, 0.5) is 4.79 Å². The summed E-state index contributed by atoms with van der Waals surface area (Å²) in [7, 11) is 0. The fourth-order valence-electron chi connectivity index (χ4n) is 2.63. The zero-order chi connectivity index (χ0) is 16.4. The Morgan fingerprint density at radius 3 is 2.74 bits per heavy atom. The zero-order valence-electron chi connectivity index (χ0n) is 13.6. The predicted molar refractivity (Wildman–Crippen MR) is 86.7 cm³/mol. The van der Waals surface area contributed by atoms with E-state index in [0.717, 1.165) is 12.0 Å². The maximum atomic E-state index is 12.2. The third kappa shape index (κ3) is 3.48. The Balaban J connectivity index is 1.67. The van der Waals surface area contributed by atoms with Gasteiger partial charge in [0.05, 0.1) is 5.92 Å². The molecule has 2 aliphatic rings. The highest BCUT2D eigenvalue weighted by Crippen LogP contribution is 2.32. The van der Waals surface area contributed by atoms with Crippen molar-refractivity contribution in [1.29, 1.82) is 0 Å². The Kier molecular flexibility index (Phi) is 3.99. The van der Waals surface area contributed by atoms with Gasteiger partial charge in [0.1, 0.15) is 11.3 Å². The van der Waals surface area contributed by atoms with Crippen molar-refractivity contribution in [2.75, 3.05) is 6.54 Å². The van der Waals surface area contributed by atoms with E-state index in [1.54, 1.807) is 4.90 Å². The van der Waals surface area contributed by atoms with Crippen LogP contribution in [0.5, 0.6) is 0 Å². The topological polar surface area (TPSA) is 51.1 Å². The van der Waals surface area contributed by atoms with Crippen LogP contribution in [0.3, 0.4) is 0 Å². The minimum atomic E-state index is -0.523. The number of likely N-dealkylation sites (tertiary alicyclic amines) is 1. The number of amides is 1. The predicted octanol–water partition coefficient (Wildman–Crippen LogP) is 3.01. The average molecular weight is 312 g/mol. The molecule has 2 unspecified atom stereocenters. The second-order valence-corrected chi connectivity index (χ2v) is 6.66. The molecule has 2 heterocycles. The highest BCUT2D eigenvalue weighted by molar-refractivity contribution is 6.03. The molecule has 2 atom stereocenters. The molecule has 1 aromatic rings. The Morgan fingerprint density at radius 2 is 2.04 bits per heavy atom. The molecule has 0 aliphatic carbocycles. The summed E-state index contributed by atoms with van der Waals surface area (Å²) in [4.78, 5) is 19.3. The van der Waals surface area contributed by atoms with Crippen LogP contribution >= 0.6 is 0 Å². The van der Waals surface area contributed by atoms with Gasteiger partial charge >= 0.3 is 6.09 Å². The third-order valence-corrected chi connectivity index (χ3v) is 3.68. The number of ether oxygens (including phenoxy) is 1. The molecule has 0 radical (unpaired) electrons. The molecule has 0 saturated carbocycles. The average Bonchev–Trinajstić information content (AvgIpc) is 3.06. The summed E-state index contributed by atoms with van der Waals surface area (Å²) >= 11 is 0. The van der Waals surface area contributed by atoms with Crippen LogP contribution in [0.2, 0.25) is 0 Å². The van der Waals surface area contributed by atoms with E-state index in [1.165, 1.54) is 0 Å². The van der Waals surface area contributed by atoms with Gasteiger partial charge in [-0.25, -0.2) is 4.79 Å². The second-order valence-electron chi connectivity index (χ2n) is 6.66. The number of hydrogen-bond donors (Lipinski definition) is 0. The summed E-state index contributed by atoms with van der Waals surface area (Å²) in [5.41, 5.74) is 1.11. The number of fused-ring (bicyclic) bond motifs is 1. The van der Waals surface area contributed by atoms with Crippen LogP contribution in [0, 0.1) is 17.8 Å². The minimum absolute atomic E-state index is 0.0266. The van der Waals surface area contributed by atoms with E-state index >= 15 is 0 Å². The number of hydrogen-bond acceptors (Lipinski definition) is 4. The number of rotatable bonds is 0. The SMILES string of the molecule is CC(C)(C)OC(=O)N1CCC2C(C#Cc3ccccc3)=NOC21. The molecule has 5 nitrogen and oxygen atoms in total. The van der Waals surface area contributed by atoms with Crippen LogP contribution < -0.4 is 0 Å². The molecular weight excluding hydrogens is 292 g/mol. The quantitative estimate of drug-likeness (QED) is 0.692. The summed E-state index contributed by atoms with van der Waals surface area (Å²) in [6.45, 7) is 6.14. The number of carbonyl (C=O) groups excluding carboxylic acids is 1. The first-order chi connectivity index (χ1) is 10.9. The minimum Gasteiger partial charge on any atom is -0.444 e. The fraction of sp³-hybridized carbons (Fsp3) is 0.444. The number of carbonyl (C=O) groups is 1. The van der Waals surface area contributed by atoms with Gasteiger partial charge in [0.15, 0.2) is 0 Å². The van der Waals surface area contributed by atoms with E-state index in [9.17, 15) is 4.79 Å². The maximum absolute atomic E-state index is 12.2. The van der Waals surface area contributed by atoms with Gasteiger partial charge in [0.2, 0.25) is 6.23 Å². The fourth-order valence-corrected chi connectivity index (χ4v) is 2.63. The lowest BCUT2D eigenvalue weighted by molar-refractivity contribution is -0.0437. The van der Waals surface area contributed by atoms with Gasteiger partial charge < -0.3 is 9.57 Å². The number of benzene rings is 1. The zero-order valence-corrected chi connectivity index (χ0v) is 13.6. The highest BCUT2D eigenvalue weighted by Gasteiger charge is 2.46. The smallest absolute Gasteiger partial charge is 0.413 e. The van der Waals surface area contributed by atoms with Crippen LogP contribution in [-0.2, 0) is 9.57 Å². The van der Waals surface area contributed by atoms with Crippen LogP contribution in [-0.4, -0.2) is 35.1 Å². The van der Waals surface area contributed by atoms with Gasteiger partial charge in [0, 0.05) is 12.1 Å². The molecule has 0 spiro atoms. The van der Waals surface area contributed by atoms with Gasteiger partial charge in [-0.05, 0) is 45.2 Å². The van der Waals surface area contributed by atoms with Crippen LogP contribution in [0.25, 0.3) is 0 Å². The van der Waals surface area contributed by atoms with Crippen LogP contribution in [0.1, 0.15) is 32.8 Å². The molecule has 3 rings (SSSR count). The van der Waals surface area contributed by atoms with E-state index in [-0.39, 0.29) is 12.0 Å². The van der Waals surface area contributed by atoms with Crippen LogP contribution in [0.15, 0.2) is 35.5 Å². The Labute approximate surface area is 136 Å². The van der Waals surface area contributed by atoms with Gasteiger partial charge in [0.25, 0.3) is 0 Å². The van der Waals surface area contributed by atoms with E-state index in [2.05, 4.69) is 17.0 Å². The number of oxime groups is 1. The molecule has 23 heavy (non-hydrogen) atoms. The first-order valence-electron chi connectivity index (χ1n) is 7.74. The summed E-state index contributed by atoms with van der Waals surface area (Å²) in [5.74, 6) is 6.19. The lowest BCUT2D eigenvalue weighted by atomic mass is 10.0. The Morgan fingerprint density at radius 1 is 1.30 bits per heavy atom. The monoisotopic (exact) mass is 312 g/mol. The van der Waals surface area contributed by atoms with Crippen molar-refractivity contribution in [3.63, 3.8) is 0 Å². The summed E-state index contributed by atoms with van der Waals surface area (Å²) < 4.78 is 5.41. The third-order valence-electron chi connectivity index (χ3n) is 3.68. The summed E-state index contributed by atoms with van der Waals surface area (Å²) in [6.07, 6.45) is 0.0223. The van der Waals surface area contributed by atoms with Gasteiger partial charge in [-0.2, -0.15) is 0 Å². The molecule has 1 aromatic carbocycles. The number of nitrogens with zero attached hydrogens (tertiary/aromatic N) is 2. The first-order valence-corrected chi connectivity index (χ1v) is 7.74. The van der Waals surface area contributed by atoms with E-state index in [0.29, 0.717) is 12.3 Å². The van der Waals surface area contributed by atoms with Crippen molar-refractivity contribution in [3.05, 3.63) is 35.9 Å². The van der Waals surface area contributed by atoms with Gasteiger partial charge in [-0.1, -0.05) is 29.3 Å². The molecule has 2 aliphatic heterocycles.